The first-order valence-corrected chi connectivity index (χ1v) is 11.8. The Morgan fingerprint density at radius 1 is 1.18 bits per heavy atom. The van der Waals surface area contributed by atoms with Crippen LogP contribution >= 0.6 is 34.3 Å². The topological polar surface area (TPSA) is 79.7 Å². The second-order valence-electron chi connectivity index (χ2n) is 7.26. The maximum atomic E-state index is 13.7. The van der Waals surface area contributed by atoms with Crippen LogP contribution < -0.4 is 9.64 Å². The SMILES string of the molecule is COc1ccc(Cl)cc1/C(O)=C1\C(=O)C(=O)N(c2nc3cc(F)c(F)cc3s2)C1c1cccs1. The molecule has 0 bridgehead atoms. The summed E-state index contributed by atoms with van der Waals surface area (Å²) in [6, 6.07) is 8.87. The zero-order valence-electron chi connectivity index (χ0n) is 17.2. The van der Waals surface area contributed by atoms with Gasteiger partial charge < -0.3 is 9.84 Å². The second-order valence-corrected chi connectivity index (χ2v) is 9.68. The van der Waals surface area contributed by atoms with Crippen LogP contribution in [0.25, 0.3) is 16.0 Å². The monoisotopic (exact) mass is 518 g/mol. The molecule has 3 heterocycles. The molecule has 0 aliphatic carbocycles. The van der Waals surface area contributed by atoms with Gasteiger partial charge in [0.1, 0.15) is 17.6 Å². The van der Waals surface area contributed by atoms with Crippen LogP contribution in [0, 0.1) is 11.6 Å². The molecule has 6 nitrogen and oxygen atoms in total. The lowest BCUT2D eigenvalue weighted by molar-refractivity contribution is -0.132. The number of thiazole rings is 1. The van der Waals surface area contributed by atoms with Crippen LogP contribution in [0.5, 0.6) is 5.75 Å². The van der Waals surface area contributed by atoms with Gasteiger partial charge in [0.15, 0.2) is 16.8 Å². The molecule has 1 unspecified atom stereocenters. The Labute approximate surface area is 204 Å². The quantitative estimate of drug-likeness (QED) is 0.206. The van der Waals surface area contributed by atoms with Crippen LogP contribution in [0.4, 0.5) is 13.9 Å². The third-order valence-corrected chi connectivity index (χ3v) is 7.48. The molecule has 1 fully saturated rings. The first kappa shape index (κ1) is 22.5. The van der Waals surface area contributed by atoms with Gasteiger partial charge in [0, 0.05) is 16.0 Å². The predicted octanol–water partition coefficient (Wildman–Crippen LogP) is 5.92. The van der Waals surface area contributed by atoms with E-state index in [2.05, 4.69) is 4.98 Å². The summed E-state index contributed by atoms with van der Waals surface area (Å²) in [4.78, 5) is 32.4. The maximum Gasteiger partial charge on any atom is 0.301 e. The summed E-state index contributed by atoms with van der Waals surface area (Å²) >= 11 is 8.31. The van der Waals surface area contributed by atoms with E-state index in [1.807, 2.05) is 0 Å². The molecule has 172 valence electrons. The number of thiophene rings is 1. The maximum absolute atomic E-state index is 13.7. The fraction of sp³-hybridized carbons (Fsp3) is 0.0870. The number of carbonyl (C=O) groups is 2. The van der Waals surface area contributed by atoms with Crippen molar-refractivity contribution in [2.24, 2.45) is 0 Å². The number of ether oxygens (including phenoxy) is 1. The Kier molecular flexibility index (Phi) is 5.59. The van der Waals surface area contributed by atoms with Gasteiger partial charge in [-0.05, 0) is 35.7 Å². The van der Waals surface area contributed by atoms with Crippen molar-refractivity contribution >= 4 is 67.1 Å². The number of halogens is 3. The number of carbonyl (C=O) groups excluding carboxylic acids is 2. The van der Waals surface area contributed by atoms with Crippen molar-refractivity contribution in [1.29, 1.82) is 0 Å². The first-order valence-electron chi connectivity index (χ1n) is 9.74. The van der Waals surface area contributed by atoms with Crippen LogP contribution in [0.3, 0.4) is 0 Å². The van der Waals surface area contributed by atoms with Gasteiger partial charge in [0.2, 0.25) is 0 Å². The largest absolute Gasteiger partial charge is 0.507 e. The van der Waals surface area contributed by atoms with Crippen molar-refractivity contribution in [3.63, 3.8) is 0 Å². The lowest BCUT2D eigenvalue weighted by atomic mass is 9.99. The number of aromatic nitrogens is 1. The number of ketones is 1. The standard InChI is InChI=1S/C23H13ClF2N2O4S2/c1-32-15-5-4-10(24)7-11(15)20(29)18-19(16-3-2-6-33-16)28(22(31)21(18)30)23-27-14-8-12(25)13(26)9-17(14)34-23/h2-9,19,29H,1H3/b20-18+. The average molecular weight is 519 g/mol. The molecular formula is C23H13ClF2N2O4S2. The van der Waals surface area contributed by atoms with Crippen molar-refractivity contribution in [3.05, 3.63) is 80.5 Å². The molecule has 0 spiro atoms. The van der Waals surface area contributed by atoms with E-state index in [-0.39, 0.29) is 27.5 Å². The number of fused-ring (bicyclic) bond motifs is 1. The van der Waals surface area contributed by atoms with Crippen LogP contribution in [0.2, 0.25) is 5.02 Å². The van der Waals surface area contributed by atoms with Crippen molar-refractivity contribution < 1.29 is 28.2 Å². The van der Waals surface area contributed by atoms with E-state index in [1.54, 1.807) is 23.6 Å². The highest BCUT2D eigenvalue weighted by molar-refractivity contribution is 7.22. The molecule has 1 atom stereocenters. The molecule has 5 rings (SSSR count). The number of hydrogen-bond acceptors (Lipinski definition) is 7. The number of methoxy groups -OCH3 is 1. The number of aliphatic hydroxyl groups excluding tert-OH is 1. The molecule has 0 radical (unpaired) electrons. The van der Waals surface area contributed by atoms with Gasteiger partial charge in [-0.25, -0.2) is 13.8 Å². The number of Topliss-reactive ketones (excluding diaryl/α,β-unsaturated/α-hetero) is 1. The van der Waals surface area contributed by atoms with Gasteiger partial charge in [0.25, 0.3) is 5.78 Å². The molecule has 2 aromatic carbocycles. The van der Waals surface area contributed by atoms with E-state index in [1.165, 1.54) is 30.6 Å². The van der Waals surface area contributed by atoms with Crippen LogP contribution in [0.15, 0.2) is 53.4 Å². The van der Waals surface area contributed by atoms with Crippen molar-refractivity contribution in [1.82, 2.24) is 4.98 Å². The van der Waals surface area contributed by atoms with Crippen molar-refractivity contribution in [3.8, 4) is 5.75 Å². The van der Waals surface area contributed by atoms with Crippen molar-refractivity contribution in [2.45, 2.75) is 6.04 Å². The normalized spacial score (nSPS) is 17.6. The zero-order valence-corrected chi connectivity index (χ0v) is 19.6. The fourth-order valence-corrected chi connectivity index (χ4v) is 5.77. The average Bonchev–Trinajstić information content (AvgIpc) is 3.53. The van der Waals surface area contributed by atoms with E-state index in [9.17, 15) is 23.5 Å². The number of nitrogens with zero attached hydrogens (tertiary/aromatic N) is 2. The third-order valence-electron chi connectivity index (χ3n) is 5.30. The van der Waals surface area contributed by atoms with Crippen LogP contribution in [-0.4, -0.2) is 28.9 Å². The molecule has 1 N–H and O–H groups in total. The lowest BCUT2D eigenvalue weighted by Gasteiger charge is -2.21. The van der Waals surface area contributed by atoms with Crippen LogP contribution in [0.1, 0.15) is 16.5 Å². The number of amides is 1. The number of hydrogen-bond donors (Lipinski definition) is 1. The zero-order chi connectivity index (χ0) is 24.1. The van der Waals surface area contributed by atoms with Gasteiger partial charge in [-0.3, -0.25) is 14.5 Å². The van der Waals surface area contributed by atoms with E-state index >= 15 is 0 Å². The Balaban J connectivity index is 1.74. The number of rotatable bonds is 4. The van der Waals surface area contributed by atoms with E-state index in [0.29, 0.717) is 14.6 Å². The van der Waals surface area contributed by atoms with Gasteiger partial charge in [-0.1, -0.05) is 29.0 Å². The third kappa shape index (κ3) is 3.54. The molecule has 2 aromatic heterocycles. The predicted molar refractivity (Wildman–Crippen MR) is 127 cm³/mol. The Bertz CT molecular complexity index is 1460. The smallest absolute Gasteiger partial charge is 0.301 e. The van der Waals surface area contributed by atoms with Crippen LogP contribution in [-0.2, 0) is 9.59 Å². The van der Waals surface area contributed by atoms with Gasteiger partial charge in [-0.15, -0.1) is 11.3 Å². The molecule has 0 saturated carbocycles. The molecule has 4 aromatic rings. The summed E-state index contributed by atoms with van der Waals surface area (Å²) in [7, 11) is 1.40. The minimum absolute atomic E-state index is 0.0672. The number of aliphatic hydroxyl groups is 1. The number of anilines is 1. The minimum atomic E-state index is -1.07. The summed E-state index contributed by atoms with van der Waals surface area (Å²) in [6.07, 6.45) is 0. The van der Waals surface area contributed by atoms with Gasteiger partial charge in [0.05, 0.1) is 28.5 Å². The molecule has 1 amide bonds. The second kappa shape index (κ2) is 8.46. The Hall–Kier alpha value is -3.34. The molecule has 11 heteroatoms. The summed E-state index contributed by atoms with van der Waals surface area (Å²) in [5, 5.41) is 13.3. The van der Waals surface area contributed by atoms with E-state index in [0.717, 1.165) is 28.4 Å². The van der Waals surface area contributed by atoms with Gasteiger partial charge >= 0.3 is 5.91 Å². The first-order chi connectivity index (χ1) is 16.3. The fourth-order valence-electron chi connectivity index (χ4n) is 3.77. The molecule has 1 aliphatic heterocycles. The number of benzene rings is 2. The lowest BCUT2D eigenvalue weighted by Crippen LogP contribution is -2.28. The molecule has 1 saturated heterocycles. The van der Waals surface area contributed by atoms with Gasteiger partial charge in [-0.2, -0.15) is 0 Å². The highest BCUT2D eigenvalue weighted by atomic mass is 35.5. The highest BCUT2D eigenvalue weighted by Gasteiger charge is 2.49. The Morgan fingerprint density at radius 2 is 1.94 bits per heavy atom. The molecule has 1 aliphatic rings. The molecular weight excluding hydrogens is 506 g/mol. The summed E-state index contributed by atoms with van der Waals surface area (Å²) in [5.74, 6) is -4.20. The minimum Gasteiger partial charge on any atom is -0.507 e. The summed E-state index contributed by atoms with van der Waals surface area (Å²) < 4.78 is 33.1. The van der Waals surface area contributed by atoms with Crippen molar-refractivity contribution in [2.75, 3.05) is 12.0 Å². The van der Waals surface area contributed by atoms with E-state index in [4.69, 9.17) is 16.3 Å². The van der Waals surface area contributed by atoms with E-state index < -0.39 is 35.1 Å². The molecule has 34 heavy (non-hydrogen) atoms. The summed E-state index contributed by atoms with van der Waals surface area (Å²) in [5.41, 5.74) is 0.106. The Morgan fingerprint density at radius 3 is 2.65 bits per heavy atom. The highest BCUT2D eigenvalue weighted by Crippen LogP contribution is 2.46. The summed E-state index contributed by atoms with van der Waals surface area (Å²) in [6.45, 7) is 0.